The van der Waals surface area contributed by atoms with Gasteiger partial charge in [0.15, 0.2) is 0 Å². The van der Waals surface area contributed by atoms with Crippen molar-refractivity contribution in [3.05, 3.63) is 69.7 Å². The molecule has 3 aromatic rings. The van der Waals surface area contributed by atoms with Crippen LogP contribution in [0, 0.1) is 13.8 Å². The van der Waals surface area contributed by atoms with Crippen molar-refractivity contribution in [2.75, 3.05) is 6.54 Å². The van der Waals surface area contributed by atoms with Gasteiger partial charge in [0.25, 0.3) is 0 Å². The summed E-state index contributed by atoms with van der Waals surface area (Å²) >= 11 is 7.44. The summed E-state index contributed by atoms with van der Waals surface area (Å²) in [6.45, 7) is 4.17. The van der Waals surface area contributed by atoms with Crippen LogP contribution in [0.1, 0.15) is 16.8 Å². The molecule has 1 aromatic heterocycles. The first-order valence-electron chi connectivity index (χ1n) is 8.12. The summed E-state index contributed by atoms with van der Waals surface area (Å²) in [5, 5.41) is 3.54. The molecule has 4 nitrogen and oxygen atoms in total. The Morgan fingerprint density at radius 2 is 1.81 bits per heavy atom. The number of aryl methyl sites for hydroxylation is 2. The second-order valence-corrected chi connectivity index (χ2v) is 9.11. The largest absolute Gasteiger partial charge is 0.241 e. The first kappa shape index (κ1) is 19.0. The third-order valence-electron chi connectivity index (χ3n) is 4.10. The molecular formula is C19H19ClN2O2S2. The number of thiazole rings is 1. The predicted octanol–water partition coefficient (Wildman–Crippen LogP) is 4.60. The Kier molecular flexibility index (Phi) is 5.77. The van der Waals surface area contributed by atoms with Crippen molar-refractivity contribution in [3.63, 3.8) is 0 Å². The number of nitrogens with one attached hydrogen (secondary N) is 1. The Hall–Kier alpha value is -1.73. The monoisotopic (exact) mass is 406 g/mol. The van der Waals surface area contributed by atoms with Crippen LogP contribution in [0.15, 0.2) is 52.7 Å². The fourth-order valence-electron chi connectivity index (χ4n) is 2.42. The van der Waals surface area contributed by atoms with Crippen LogP contribution < -0.4 is 4.72 Å². The molecule has 0 amide bonds. The molecule has 0 unspecified atom stereocenters. The lowest BCUT2D eigenvalue weighted by atomic mass is 10.1. The second-order valence-electron chi connectivity index (χ2n) is 6.04. The van der Waals surface area contributed by atoms with Crippen molar-refractivity contribution in [1.82, 2.24) is 9.71 Å². The fraction of sp³-hybridized carbons (Fsp3) is 0.211. The Morgan fingerprint density at radius 3 is 2.50 bits per heavy atom. The van der Waals surface area contributed by atoms with E-state index in [2.05, 4.69) is 9.71 Å². The number of hydrogen-bond donors (Lipinski definition) is 1. The highest BCUT2D eigenvalue weighted by Gasteiger charge is 2.14. The maximum Gasteiger partial charge on any atom is 0.240 e. The Balaban J connectivity index is 1.62. The van der Waals surface area contributed by atoms with E-state index in [0.717, 1.165) is 27.4 Å². The first-order valence-corrected chi connectivity index (χ1v) is 10.9. The van der Waals surface area contributed by atoms with Crippen molar-refractivity contribution >= 4 is 33.0 Å². The molecule has 0 saturated carbocycles. The van der Waals surface area contributed by atoms with Gasteiger partial charge < -0.3 is 0 Å². The number of sulfonamides is 1. The molecule has 0 bridgehead atoms. The molecule has 0 aliphatic rings. The summed E-state index contributed by atoms with van der Waals surface area (Å²) in [6, 6.07) is 12.7. The summed E-state index contributed by atoms with van der Waals surface area (Å²) in [5.41, 5.74) is 3.89. The molecule has 0 aliphatic heterocycles. The SMILES string of the molecule is Cc1ccc(S(=O)(=O)NCCc2csc(-c3ccc(Cl)cc3)n2)cc1C. The van der Waals surface area contributed by atoms with E-state index >= 15 is 0 Å². The van der Waals surface area contributed by atoms with Crippen LogP contribution in [0.5, 0.6) is 0 Å². The summed E-state index contributed by atoms with van der Waals surface area (Å²) in [6.07, 6.45) is 0.536. The van der Waals surface area contributed by atoms with Crippen molar-refractivity contribution in [1.29, 1.82) is 0 Å². The normalized spacial score (nSPS) is 11.7. The van der Waals surface area contributed by atoms with Gasteiger partial charge in [-0.05, 0) is 49.2 Å². The summed E-state index contributed by atoms with van der Waals surface area (Å²) in [5.74, 6) is 0. The Morgan fingerprint density at radius 1 is 1.08 bits per heavy atom. The van der Waals surface area contributed by atoms with Crippen molar-refractivity contribution < 1.29 is 8.42 Å². The Bertz CT molecular complexity index is 1010. The lowest BCUT2D eigenvalue weighted by molar-refractivity contribution is 0.581. The highest BCUT2D eigenvalue weighted by molar-refractivity contribution is 7.89. The van der Waals surface area contributed by atoms with Crippen LogP contribution in [-0.4, -0.2) is 19.9 Å². The first-order chi connectivity index (χ1) is 12.3. The summed E-state index contributed by atoms with van der Waals surface area (Å²) < 4.78 is 27.5. The molecule has 26 heavy (non-hydrogen) atoms. The van der Waals surface area contributed by atoms with Crippen LogP contribution in [0.4, 0.5) is 0 Å². The zero-order valence-electron chi connectivity index (χ0n) is 14.5. The molecule has 0 fully saturated rings. The average Bonchev–Trinajstić information content (AvgIpc) is 3.06. The second kappa shape index (κ2) is 7.88. The molecule has 0 saturated heterocycles. The highest BCUT2D eigenvalue weighted by atomic mass is 35.5. The van der Waals surface area contributed by atoms with Crippen LogP contribution in [-0.2, 0) is 16.4 Å². The van der Waals surface area contributed by atoms with Crippen LogP contribution in [0.3, 0.4) is 0 Å². The molecule has 7 heteroatoms. The number of halogens is 1. The Labute approximate surface area is 162 Å². The molecule has 0 atom stereocenters. The van der Waals surface area contributed by atoms with Gasteiger partial charge in [-0.15, -0.1) is 11.3 Å². The van der Waals surface area contributed by atoms with Gasteiger partial charge in [0.05, 0.1) is 10.6 Å². The van der Waals surface area contributed by atoms with Gasteiger partial charge in [-0.1, -0.05) is 29.8 Å². The van der Waals surface area contributed by atoms with E-state index in [-0.39, 0.29) is 0 Å². The molecular weight excluding hydrogens is 388 g/mol. The highest BCUT2D eigenvalue weighted by Crippen LogP contribution is 2.25. The summed E-state index contributed by atoms with van der Waals surface area (Å²) in [7, 11) is -3.51. The topological polar surface area (TPSA) is 59.1 Å². The van der Waals surface area contributed by atoms with Crippen molar-refractivity contribution in [2.45, 2.75) is 25.2 Å². The van der Waals surface area contributed by atoms with Gasteiger partial charge in [0.2, 0.25) is 10.0 Å². The smallest absolute Gasteiger partial charge is 0.240 e. The van der Waals surface area contributed by atoms with Gasteiger partial charge in [-0.2, -0.15) is 0 Å². The number of rotatable bonds is 6. The van der Waals surface area contributed by atoms with Crippen molar-refractivity contribution in [3.8, 4) is 10.6 Å². The van der Waals surface area contributed by atoms with E-state index in [1.54, 1.807) is 12.1 Å². The molecule has 3 rings (SSSR count). The van der Waals surface area contributed by atoms with E-state index in [1.165, 1.54) is 11.3 Å². The zero-order chi connectivity index (χ0) is 18.7. The van der Waals surface area contributed by atoms with Crippen LogP contribution in [0.25, 0.3) is 10.6 Å². The molecule has 0 aliphatic carbocycles. The van der Waals surface area contributed by atoms with Gasteiger partial charge in [-0.3, -0.25) is 0 Å². The molecule has 0 radical (unpaired) electrons. The maximum atomic E-state index is 12.4. The van der Waals surface area contributed by atoms with E-state index in [1.807, 2.05) is 49.6 Å². The quantitative estimate of drug-likeness (QED) is 0.650. The minimum atomic E-state index is -3.51. The number of nitrogens with zero attached hydrogens (tertiary/aromatic N) is 1. The average molecular weight is 407 g/mol. The third-order valence-corrected chi connectivity index (χ3v) is 6.76. The predicted molar refractivity (Wildman–Crippen MR) is 107 cm³/mol. The van der Waals surface area contributed by atoms with Crippen LogP contribution in [0.2, 0.25) is 5.02 Å². The fourth-order valence-corrected chi connectivity index (χ4v) is 4.53. The molecule has 0 spiro atoms. The van der Waals surface area contributed by atoms with Crippen molar-refractivity contribution in [2.24, 2.45) is 0 Å². The standard InChI is InChI=1S/C19H19ClN2O2S2/c1-13-3-8-18(11-14(13)2)26(23,24)21-10-9-17-12-25-19(22-17)15-4-6-16(20)7-5-15/h3-8,11-12,21H,9-10H2,1-2H3. The van der Waals surface area contributed by atoms with E-state index in [4.69, 9.17) is 11.6 Å². The minimum Gasteiger partial charge on any atom is -0.241 e. The van der Waals surface area contributed by atoms with Gasteiger partial charge in [-0.25, -0.2) is 18.1 Å². The van der Waals surface area contributed by atoms with E-state index < -0.39 is 10.0 Å². The van der Waals surface area contributed by atoms with E-state index in [0.29, 0.717) is 22.9 Å². The maximum absolute atomic E-state index is 12.4. The molecule has 2 aromatic carbocycles. The van der Waals surface area contributed by atoms with E-state index in [9.17, 15) is 8.42 Å². The van der Waals surface area contributed by atoms with Crippen LogP contribution >= 0.6 is 22.9 Å². The lowest BCUT2D eigenvalue weighted by Crippen LogP contribution is -2.26. The number of benzene rings is 2. The van der Waals surface area contributed by atoms with Gasteiger partial charge >= 0.3 is 0 Å². The molecule has 1 heterocycles. The van der Waals surface area contributed by atoms with Gasteiger partial charge in [0, 0.05) is 28.9 Å². The summed E-state index contributed by atoms with van der Waals surface area (Å²) in [4.78, 5) is 4.86. The zero-order valence-corrected chi connectivity index (χ0v) is 16.9. The minimum absolute atomic E-state index is 0.292. The number of aromatic nitrogens is 1. The van der Waals surface area contributed by atoms with Gasteiger partial charge in [0.1, 0.15) is 5.01 Å². The number of hydrogen-bond acceptors (Lipinski definition) is 4. The molecule has 136 valence electrons. The lowest BCUT2D eigenvalue weighted by Gasteiger charge is -2.08. The molecule has 1 N–H and O–H groups in total. The third kappa shape index (κ3) is 4.51.